The van der Waals surface area contributed by atoms with Gasteiger partial charge in [-0.1, -0.05) is 6.92 Å². The van der Waals surface area contributed by atoms with Crippen molar-refractivity contribution in [1.29, 1.82) is 0 Å². The van der Waals surface area contributed by atoms with Gasteiger partial charge in [0.25, 0.3) is 0 Å². The van der Waals surface area contributed by atoms with Gasteiger partial charge in [-0.25, -0.2) is 9.78 Å². The van der Waals surface area contributed by atoms with Gasteiger partial charge in [-0.05, 0) is 12.0 Å². The number of carbonyl (C=O) groups excluding carboxylic acids is 1. The third-order valence-corrected chi connectivity index (χ3v) is 3.41. The van der Waals surface area contributed by atoms with Gasteiger partial charge in [0.1, 0.15) is 0 Å². The summed E-state index contributed by atoms with van der Waals surface area (Å²) in [5, 5.41) is 11.7. The zero-order valence-corrected chi connectivity index (χ0v) is 11.4. The molecule has 1 aliphatic rings. The molecule has 0 saturated carbocycles. The van der Waals surface area contributed by atoms with Gasteiger partial charge < -0.3 is 20.1 Å². The van der Waals surface area contributed by atoms with Crippen LogP contribution in [0.25, 0.3) is 0 Å². The van der Waals surface area contributed by atoms with Crippen LogP contribution in [0.5, 0.6) is 5.88 Å². The molecule has 7 nitrogen and oxygen atoms in total. The second kappa shape index (κ2) is 5.77. The topological polar surface area (TPSA) is 91.8 Å². The molecule has 0 aromatic carbocycles. The number of pyridine rings is 1. The molecule has 0 aliphatic carbocycles. The first-order valence-corrected chi connectivity index (χ1v) is 6.30. The maximum Gasteiger partial charge on any atom is 0.321 e. The molecule has 0 unspecified atom stereocenters. The molecule has 2 N–H and O–H groups in total. The molecule has 1 aliphatic heterocycles. The second-order valence-corrected chi connectivity index (χ2v) is 4.85. The SMILES string of the molecule is COc1ccc(NC(=O)N2C[C@@H](C)[C@H](C(=O)O)C2)cn1. The summed E-state index contributed by atoms with van der Waals surface area (Å²) >= 11 is 0. The molecule has 1 saturated heterocycles. The number of ether oxygens (including phenoxy) is 1. The van der Waals surface area contributed by atoms with Crippen LogP contribution in [-0.2, 0) is 4.79 Å². The van der Waals surface area contributed by atoms with Crippen molar-refractivity contribution in [1.82, 2.24) is 9.88 Å². The Morgan fingerprint density at radius 2 is 2.20 bits per heavy atom. The molecule has 2 heterocycles. The number of hydrogen-bond acceptors (Lipinski definition) is 4. The summed E-state index contributed by atoms with van der Waals surface area (Å²) in [4.78, 5) is 28.6. The van der Waals surface area contributed by atoms with Gasteiger partial charge in [-0.3, -0.25) is 4.79 Å². The number of carbonyl (C=O) groups is 2. The van der Waals surface area contributed by atoms with Crippen molar-refractivity contribution < 1.29 is 19.4 Å². The Bertz CT molecular complexity index is 503. The minimum atomic E-state index is -0.862. The number of hydrogen-bond donors (Lipinski definition) is 2. The van der Waals surface area contributed by atoms with Crippen molar-refractivity contribution in [3.63, 3.8) is 0 Å². The van der Waals surface area contributed by atoms with Crippen LogP contribution in [0.4, 0.5) is 10.5 Å². The van der Waals surface area contributed by atoms with Gasteiger partial charge in [0, 0.05) is 19.2 Å². The molecular weight excluding hydrogens is 262 g/mol. The maximum absolute atomic E-state index is 12.0. The Morgan fingerprint density at radius 1 is 1.45 bits per heavy atom. The van der Waals surface area contributed by atoms with Gasteiger partial charge in [0.15, 0.2) is 0 Å². The Kier molecular flexibility index (Phi) is 4.07. The van der Waals surface area contributed by atoms with Crippen molar-refractivity contribution in [2.24, 2.45) is 11.8 Å². The standard InChI is InChI=1S/C13H17N3O4/c1-8-6-16(7-10(8)12(17)18)13(19)15-9-3-4-11(20-2)14-5-9/h3-5,8,10H,6-7H2,1-2H3,(H,15,19)(H,17,18)/t8-,10-/m1/s1. The third kappa shape index (κ3) is 2.98. The first kappa shape index (κ1) is 14.1. The van der Waals surface area contributed by atoms with E-state index in [1.807, 2.05) is 6.92 Å². The number of methoxy groups -OCH3 is 1. The van der Waals surface area contributed by atoms with Crippen LogP contribution in [0.15, 0.2) is 18.3 Å². The van der Waals surface area contributed by atoms with E-state index < -0.39 is 11.9 Å². The summed E-state index contributed by atoms with van der Waals surface area (Å²) in [6.45, 7) is 2.50. The third-order valence-electron chi connectivity index (χ3n) is 3.41. The quantitative estimate of drug-likeness (QED) is 0.869. The largest absolute Gasteiger partial charge is 0.481 e. The van der Waals surface area contributed by atoms with E-state index in [2.05, 4.69) is 10.3 Å². The summed E-state index contributed by atoms with van der Waals surface area (Å²) in [6.07, 6.45) is 1.49. The van der Waals surface area contributed by atoms with E-state index in [1.165, 1.54) is 18.2 Å². The number of nitrogens with zero attached hydrogens (tertiary/aromatic N) is 2. The van der Waals surface area contributed by atoms with Gasteiger partial charge in [0.2, 0.25) is 5.88 Å². The lowest BCUT2D eigenvalue weighted by Crippen LogP contribution is -2.33. The summed E-state index contributed by atoms with van der Waals surface area (Å²) < 4.78 is 4.93. The van der Waals surface area contributed by atoms with Crippen LogP contribution in [-0.4, -0.2) is 47.2 Å². The molecule has 1 aromatic heterocycles. The van der Waals surface area contributed by atoms with E-state index >= 15 is 0 Å². The van der Waals surface area contributed by atoms with Crippen molar-refractivity contribution in [2.45, 2.75) is 6.92 Å². The first-order chi connectivity index (χ1) is 9.51. The molecule has 20 heavy (non-hydrogen) atoms. The molecule has 0 spiro atoms. The predicted octanol–water partition coefficient (Wildman–Crippen LogP) is 1.27. The number of aromatic nitrogens is 1. The molecule has 2 rings (SSSR count). The maximum atomic E-state index is 12.0. The smallest absolute Gasteiger partial charge is 0.321 e. The fraction of sp³-hybridized carbons (Fsp3) is 0.462. The molecular formula is C13H17N3O4. The summed E-state index contributed by atoms with van der Waals surface area (Å²) in [7, 11) is 1.51. The number of urea groups is 1. The minimum absolute atomic E-state index is 0.0488. The highest BCUT2D eigenvalue weighted by Crippen LogP contribution is 2.24. The highest BCUT2D eigenvalue weighted by Gasteiger charge is 2.36. The lowest BCUT2D eigenvalue weighted by Gasteiger charge is -2.16. The Balaban J connectivity index is 1.96. The lowest BCUT2D eigenvalue weighted by molar-refractivity contribution is -0.142. The zero-order chi connectivity index (χ0) is 14.7. The number of likely N-dealkylation sites (tertiary alicyclic amines) is 1. The highest BCUT2D eigenvalue weighted by molar-refractivity contribution is 5.90. The number of nitrogens with one attached hydrogen (secondary N) is 1. The van der Waals surface area contributed by atoms with Crippen LogP contribution in [0.1, 0.15) is 6.92 Å². The molecule has 7 heteroatoms. The molecule has 0 bridgehead atoms. The Hall–Kier alpha value is -2.31. The molecule has 1 fully saturated rings. The number of amides is 2. The number of anilines is 1. The zero-order valence-electron chi connectivity index (χ0n) is 11.4. The second-order valence-electron chi connectivity index (χ2n) is 4.85. The van der Waals surface area contributed by atoms with Crippen LogP contribution in [0.3, 0.4) is 0 Å². The first-order valence-electron chi connectivity index (χ1n) is 6.30. The average molecular weight is 279 g/mol. The monoisotopic (exact) mass is 279 g/mol. The summed E-state index contributed by atoms with van der Waals surface area (Å²) in [5.41, 5.74) is 0.544. The van der Waals surface area contributed by atoms with Crippen molar-refractivity contribution in [2.75, 3.05) is 25.5 Å². The van der Waals surface area contributed by atoms with E-state index in [1.54, 1.807) is 12.1 Å². The number of rotatable bonds is 3. The van der Waals surface area contributed by atoms with Crippen molar-refractivity contribution in [3.05, 3.63) is 18.3 Å². The molecule has 2 amide bonds. The van der Waals surface area contributed by atoms with E-state index in [0.717, 1.165) is 0 Å². The van der Waals surface area contributed by atoms with Gasteiger partial charge in [-0.15, -0.1) is 0 Å². The minimum Gasteiger partial charge on any atom is -0.481 e. The van der Waals surface area contributed by atoms with Crippen LogP contribution < -0.4 is 10.1 Å². The van der Waals surface area contributed by atoms with E-state index in [9.17, 15) is 9.59 Å². The highest BCUT2D eigenvalue weighted by atomic mass is 16.5. The Morgan fingerprint density at radius 3 is 2.70 bits per heavy atom. The summed E-state index contributed by atoms with van der Waals surface area (Å²) in [5.74, 6) is -0.954. The number of carboxylic acid groups (broad SMARTS) is 1. The normalized spacial score (nSPS) is 21.6. The van der Waals surface area contributed by atoms with E-state index in [4.69, 9.17) is 9.84 Å². The predicted molar refractivity (Wildman–Crippen MR) is 71.7 cm³/mol. The number of aliphatic carboxylic acids is 1. The molecule has 2 atom stereocenters. The summed E-state index contributed by atoms with van der Waals surface area (Å²) in [6, 6.07) is 3.01. The van der Waals surface area contributed by atoms with Crippen LogP contribution in [0.2, 0.25) is 0 Å². The van der Waals surface area contributed by atoms with Crippen LogP contribution in [0, 0.1) is 11.8 Å². The lowest BCUT2D eigenvalue weighted by atomic mass is 9.99. The van der Waals surface area contributed by atoms with Gasteiger partial charge >= 0.3 is 12.0 Å². The van der Waals surface area contributed by atoms with Crippen molar-refractivity contribution >= 4 is 17.7 Å². The molecule has 108 valence electrons. The molecule has 0 radical (unpaired) electrons. The average Bonchev–Trinajstić information content (AvgIpc) is 2.82. The van der Waals surface area contributed by atoms with Crippen molar-refractivity contribution in [3.8, 4) is 5.88 Å². The van der Waals surface area contributed by atoms with Crippen LogP contribution >= 0.6 is 0 Å². The van der Waals surface area contributed by atoms with Gasteiger partial charge in [0.05, 0.1) is 24.9 Å². The van der Waals surface area contributed by atoms with E-state index in [0.29, 0.717) is 18.1 Å². The Labute approximate surface area is 116 Å². The fourth-order valence-electron chi connectivity index (χ4n) is 2.23. The van der Waals surface area contributed by atoms with Gasteiger partial charge in [-0.2, -0.15) is 0 Å². The molecule has 1 aromatic rings. The number of carboxylic acids is 1. The van der Waals surface area contributed by atoms with E-state index in [-0.39, 0.29) is 18.5 Å². The fourth-order valence-corrected chi connectivity index (χ4v) is 2.23.